The number of aliphatic hydroxyl groups excluding tert-OH is 2. The smallest absolute Gasteiger partial charge is 0.410 e. The fourth-order valence-electron chi connectivity index (χ4n) is 22.0. The predicted molar refractivity (Wildman–Crippen MR) is 520 cm³/mol. The van der Waals surface area contributed by atoms with Crippen molar-refractivity contribution in [2.75, 3.05) is 127 Å². The standard InChI is InChI=1S/C56H76N4O12.C49H72N4O11.CH4O/c1-11-45-56(8)49(60(54(65)72-56)25-18-24-59-26-29-66-30-27-59)37(4)46(61)35(2)33-55(7,67-28-17-19-40-32-42-22-15-16-23-43(42)57-34-40)50(38(5)47(62)39(6)51(63)69-45)71-53-48(44(58(9)10)31-36(3)68-53)70-52(64)41-20-13-12-14-21-41;1-11-39-49(8)43(53(47(58)64-49)20-15-19-52-21-24-59-25-22-52)32(4)40(54)30(2)28-48(7,60-23-14-16-35-27-36-17-12-13-18-37(36)50-29-35)44(33(5)41(55)34(6)45(57)62-39)63-46-42(56)38(51(9)10)26-31(3)61-46;1-2/h12-17,19-23,32,34-39,44-45,48-50,53H,11,18,24-31,33H2,1-10H3;12-14,16-18,27,29-34,38-39,42-44,46,56H,11,15,19-26,28H2,1-10H3;2H,1H3/b19-17+;16-14+;/t35-,36-,37+,38+,39-,44+,45-,48-,49-,50-,53+,55-,56-;30-,31-,32+,33+,34-,38+,39-,42-,43-,44-,46+,48-,49-;/m11./s1. The summed E-state index contributed by atoms with van der Waals surface area (Å²) in [6.07, 6.45) is 3.44. The van der Waals surface area contributed by atoms with E-state index in [0.29, 0.717) is 77.3 Å². The lowest BCUT2D eigenvalue weighted by atomic mass is 9.73. The summed E-state index contributed by atoms with van der Waals surface area (Å²) in [6.45, 7) is 36.1. The number of Topliss-reactive ketones (excluding diaryl/α,β-unsaturated/α-hetero) is 4. The number of carbonyl (C=O) groups is 9. The van der Waals surface area contributed by atoms with Gasteiger partial charge in [-0.3, -0.25) is 48.5 Å². The summed E-state index contributed by atoms with van der Waals surface area (Å²) in [5.41, 5.74) is -1.90. The lowest BCUT2D eigenvalue weighted by Crippen LogP contribution is -2.61. The predicted octanol–water partition coefficient (Wildman–Crippen LogP) is 12.6. The molecule has 8 aliphatic rings. The third kappa shape index (κ3) is 25.9. The van der Waals surface area contributed by atoms with Crippen molar-refractivity contribution in [1.82, 2.24) is 39.4 Å². The average molecular weight is 1920 g/mol. The van der Waals surface area contributed by atoms with E-state index in [2.05, 4.69) is 19.8 Å². The van der Waals surface area contributed by atoms with Gasteiger partial charge in [0, 0.05) is 124 Å². The van der Waals surface area contributed by atoms with Crippen molar-refractivity contribution in [3.63, 3.8) is 0 Å². The van der Waals surface area contributed by atoms with E-state index >= 15 is 14.4 Å². The van der Waals surface area contributed by atoms with Crippen LogP contribution in [0.5, 0.6) is 0 Å². The third-order valence-corrected chi connectivity index (χ3v) is 29.4. The summed E-state index contributed by atoms with van der Waals surface area (Å²) >= 11 is 0. The van der Waals surface area contributed by atoms with Crippen molar-refractivity contribution < 1.29 is 115 Å². The van der Waals surface area contributed by atoms with Crippen LogP contribution < -0.4 is 0 Å². The second kappa shape index (κ2) is 49.1. The van der Waals surface area contributed by atoms with Crippen LogP contribution in [0.3, 0.4) is 0 Å². The van der Waals surface area contributed by atoms with Gasteiger partial charge in [-0.15, -0.1) is 0 Å². The maximum absolute atomic E-state index is 15.3. The first-order valence-electron chi connectivity index (χ1n) is 49.5. The van der Waals surface area contributed by atoms with E-state index < -0.39 is 173 Å². The van der Waals surface area contributed by atoms with Crippen molar-refractivity contribution >= 4 is 87.2 Å². The monoisotopic (exact) mass is 1920 g/mol. The molecule has 13 rings (SSSR count). The summed E-state index contributed by atoms with van der Waals surface area (Å²) < 4.78 is 83.0. The molecule has 0 bridgehead atoms. The Bertz CT molecular complexity index is 4970. The van der Waals surface area contributed by atoms with Gasteiger partial charge in [0.15, 0.2) is 41.5 Å². The molecule has 0 radical (unpaired) electrons. The Morgan fingerprint density at radius 3 is 1.31 bits per heavy atom. The molecule has 138 heavy (non-hydrogen) atoms. The van der Waals surface area contributed by atoms with Crippen LogP contribution in [0.2, 0.25) is 0 Å². The Hall–Kier alpha value is -8.97. The minimum Gasteiger partial charge on any atom is -0.458 e. The van der Waals surface area contributed by atoms with Crippen molar-refractivity contribution in [2.24, 2.45) is 47.3 Å². The highest BCUT2D eigenvalue weighted by atomic mass is 16.7. The van der Waals surface area contributed by atoms with Crippen LogP contribution in [0.4, 0.5) is 9.59 Å². The van der Waals surface area contributed by atoms with E-state index in [1.54, 1.807) is 74.2 Å². The van der Waals surface area contributed by atoms with E-state index in [-0.39, 0.29) is 74.8 Å². The largest absolute Gasteiger partial charge is 0.458 e. The number of likely N-dealkylation sites (N-methyl/N-ethyl adjacent to an activating group) is 2. The number of benzene rings is 3. The lowest BCUT2D eigenvalue weighted by Gasteiger charge is -2.48. The van der Waals surface area contributed by atoms with Gasteiger partial charge in [-0.1, -0.05) is 134 Å². The number of ketones is 4. The fourth-order valence-corrected chi connectivity index (χ4v) is 22.0. The molecule has 32 heteroatoms. The minimum atomic E-state index is -1.45. The Labute approximate surface area is 814 Å². The number of hydrogen-bond donors (Lipinski definition) is 2. The highest BCUT2D eigenvalue weighted by molar-refractivity contribution is 6.01. The molecule has 0 unspecified atom stereocenters. The van der Waals surface area contributed by atoms with Crippen molar-refractivity contribution in [1.29, 1.82) is 0 Å². The molecule has 0 aliphatic carbocycles. The van der Waals surface area contributed by atoms with Gasteiger partial charge >= 0.3 is 30.1 Å². The summed E-state index contributed by atoms with van der Waals surface area (Å²) in [4.78, 5) is 152. The van der Waals surface area contributed by atoms with Gasteiger partial charge in [-0.05, 0) is 182 Å². The molecular weight excluding hydrogens is 1770 g/mol. The van der Waals surface area contributed by atoms with E-state index in [4.69, 9.17) is 66.7 Å². The van der Waals surface area contributed by atoms with Gasteiger partial charge in [-0.2, -0.15) is 0 Å². The first-order valence-corrected chi connectivity index (χ1v) is 49.5. The van der Waals surface area contributed by atoms with E-state index in [9.17, 15) is 33.9 Å². The van der Waals surface area contributed by atoms with Gasteiger partial charge in [0.25, 0.3) is 0 Å². The zero-order chi connectivity index (χ0) is 100. The average Bonchev–Trinajstić information content (AvgIpc) is 1.58. The van der Waals surface area contributed by atoms with Crippen LogP contribution in [0.15, 0.2) is 116 Å². The number of morpholine rings is 2. The number of amides is 2. The number of para-hydroxylation sites is 2. The second-order valence-corrected chi connectivity index (χ2v) is 40.1. The van der Waals surface area contributed by atoms with E-state index in [1.165, 1.54) is 13.8 Å². The molecule has 760 valence electrons. The number of aromatic nitrogens is 2. The number of rotatable bonds is 26. The first-order chi connectivity index (χ1) is 65.7. The molecule has 26 atom stereocenters. The Kier molecular flexibility index (Phi) is 39.0. The number of hydrogen-bond acceptors (Lipinski definition) is 30. The molecule has 2 amide bonds. The zero-order valence-electron chi connectivity index (χ0n) is 84.8. The van der Waals surface area contributed by atoms with Gasteiger partial charge in [-0.25, -0.2) is 14.4 Å². The number of carbonyl (C=O) groups excluding carboxylic acids is 9. The maximum Gasteiger partial charge on any atom is 0.410 e. The molecule has 8 saturated heterocycles. The number of pyridine rings is 2. The SMILES string of the molecule is CC[C@H]1OC(=O)[C@H](C)C(=O)[C@H](C)[C@@H](O[C@@H]2O[C@H](C)C[C@H](N(C)C)[C@H]2O)[C@](C)(OC/C=C/c2cnc3ccccc3c2)C[C@@H](C)C(=O)[C@H](C)[C@H]2N(CCCN3CCOCC3)C(=O)O[C@]12C.CC[C@H]1OC(=O)[C@H](C)C(=O)[C@H](C)[C@@H](O[C@@H]2O[C@H](C)C[C@H](N(C)C)[C@H]2OC(=O)c2ccccc2)[C@](C)(OC/C=C/c2cnc3ccccc3c2)C[C@@H](C)C(=O)[C@H](C)[C@H]2N(CCCN3CCOCC3)C(=O)O[C@]12C.CO. The molecule has 0 spiro atoms. The topological polar surface area (TPSA) is 359 Å². The van der Waals surface area contributed by atoms with Crippen LogP contribution in [-0.2, 0) is 90.3 Å². The van der Waals surface area contributed by atoms with Gasteiger partial charge in [0.2, 0.25) is 0 Å². The quantitative estimate of drug-likeness (QED) is 0.0295. The molecule has 8 fully saturated rings. The summed E-state index contributed by atoms with van der Waals surface area (Å²) in [7, 11) is 8.55. The number of aliphatic hydroxyl groups is 2. The Balaban J connectivity index is 0.000000262. The molecule has 0 saturated carbocycles. The van der Waals surface area contributed by atoms with Crippen LogP contribution in [0, 0.1) is 47.3 Å². The minimum absolute atomic E-state index is 0.0188. The van der Waals surface area contributed by atoms with Crippen LogP contribution in [0.1, 0.15) is 184 Å². The molecular formula is C106H152N8O24. The first kappa shape index (κ1) is 109. The number of fused-ring (bicyclic) bond motifs is 4. The molecule has 10 heterocycles. The number of esters is 3. The van der Waals surface area contributed by atoms with E-state index in [1.807, 2.05) is 198 Å². The number of ether oxygens (including phenoxy) is 13. The normalized spacial score (nSPS) is 34.3. The Morgan fingerprint density at radius 1 is 0.507 bits per heavy atom. The summed E-state index contributed by atoms with van der Waals surface area (Å²) in [6, 6.07) is 26.1. The molecule has 2 aromatic heterocycles. The summed E-state index contributed by atoms with van der Waals surface area (Å²) in [5.74, 6) is -11.1. The molecule has 8 aliphatic heterocycles. The van der Waals surface area contributed by atoms with Gasteiger partial charge in [0.1, 0.15) is 41.7 Å². The molecule has 2 N–H and O–H groups in total. The highest BCUT2D eigenvalue weighted by Gasteiger charge is 2.63. The van der Waals surface area contributed by atoms with Crippen LogP contribution in [-0.4, -0.2) is 338 Å². The van der Waals surface area contributed by atoms with Crippen molar-refractivity contribution in [3.8, 4) is 0 Å². The fraction of sp³-hybridized carbons (Fsp3) is 0.651. The molecule has 5 aromatic rings. The zero-order valence-corrected chi connectivity index (χ0v) is 84.8. The summed E-state index contributed by atoms with van der Waals surface area (Å²) in [5, 5.41) is 20.7. The maximum atomic E-state index is 15.3. The molecule has 32 nitrogen and oxygen atoms in total. The third-order valence-electron chi connectivity index (χ3n) is 29.4. The van der Waals surface area contributed by atoms with Crippen molar-refractivity contribution in [2.45, 2.75) is 270 Å². The van der Waals surface area contributed by atoms with E-state index in [0.717, 1.165) is 72.8 Å². The van der Waals surface area contributed by atoms with Gasteiger partial charge < -0.3 is 91.4 Å². The molecule has 3 aromatic carbocycles. The number of nitrogens with zero attached hydrogens (tertiary/aromatic N) is 8. The Morgan fingerprint density at radius 2 is 0.899 bits per heavy atom. The second-order valence-electron chi connectivity index (χ2n) is 40.1. The number of cyclic esters (lactones) is 2. The van der Waals surface area contributed by atoms with Crippen molar-refractivity contribution in [3.05, 3.63) is 132 Å². The van der Waals surface area contributed by atoms with Crippen LogP contribution in [0.25, 0.3) is 34.0 Å². The van der Waals surface area contributed by atoms with Gasteiger partial charge in [0.05, 0.1) is 110 Å². The van der Waals surface area contributed by atoms with Crippen LogP contribution >= 0.6 is 0 Å². The lowest BCUT2D eigenvalue weighted by molar-refractivity contribution is -0.296. The highest BCUT2D eigenvalue weighted by Crippen LogP contribution is 2.47.